The first-order chi connectivity index (χ1) is 16.1. The molecular weight excluding hydrogens is 511 g/mol. The Morgan fingerprint density at radius 1 is 0.829 bits per heavy atom. The molecule has 0 unspecified atom stereocenters. The Kier molecular flexibility index (Phi) is 9.82. The van der Waals surface area contributed by atoms with Gasteiger partial charge in [-0.05, 0) is 31.2 Å². The summed E-state index contributed by atoms with van der Waals surface area (Å²) in [7, 11) is 0. The lowest BCUT2D eigenvalue weighted by Gasteiger charge is -2.07. The van der Waals surface area contributed by atoms with E-state index in [1.54, 1.807) is 6.92 Å². The van der Waals surface area contributed by atoms with Crippen LogP contribution in [0.25, 0.3) is 10.6 Å². The first kappa shape index (κ1) is 29.4. The molecule has 15 heteroatoms. The van der Waals surface area contributed by atoms with E-state index >= 15 is 0 Å². The number of rotatable bonds is 3. The number of thiazole rings is 1. The number of nitro benzene ring substituents is 2. The average molecular weight is 527 g/mol. The first-order valence-electron chi connectivity index (χ1n) is 9.41. The van der Waals surface area contributed by atoms with E-state index in [1.807, 2.05) is 13.8 Å². The lowest BCUT2D eigenvalue weighted by atomic mass is 10.1. The molecule has 0 saturated heterocycles. The van der Waals surface area contributed by atoms with Crippen molar-refractivity contribution >= 4 is 22.7 Å². The van der Waals surface area contributed by atoms with E-state index in [1.165, 1.54) is 17.5 Å². The second-order valence-corrected chi connectivity index (χ2v) is 7.42. The Hall–Kier alpha value is -3.62. The van der Waals surface area contributed by atoms with Crippen molar-refractivity contribution in [2.45, 2.75) is 33.1 Å². The van der Waals surface area contributed by atoms with Gasteiger partial charge in [-0.3, -0.25) is 20.2 Å². The van der Waals surface area contributed by atoms with Gasteiger partial charge in [0.15, 0.2) is 0 Å². The molecule has 1 heterocycles. The highest BCUT2D eigenvalue weighted by molar-refractivity contribution is 7.15. The molecule has 0 aliphatic rings. The Morgan fingerprint density at radius 2 is 1.29 bits per heavy atom. The van der Waals surface area contributed by atoms with Crippen LogP contribution >= 0.6 is 11.3 Å². The number of aromatic nitrogens is 1. The van der Waals surface area contributed by atoms with Crippen LogP contribution in [0.15, 0.2) is 42.6 Å². The van der Waals surface area contributed by atoms with Crippen molar-refractivity contribution in [3.63, 3.8) is 0 Å². The maximum Gasteiger partial charge on any atom is 0.416 e. The fourth-order valence-corrected chi connectivity index (χ4v) is 3.15. The van der Waals surface area contributed by atoms with Crippen LogP contribution in [-0.4, -0.2) is 14.8 Å². The van der Waals surface area contributed by atoms with Crippen molar-refractivity contribution in [3.8, 4) is 10.6 Å². The molecule has 2 aromatic carbocycles. The molecule has 0 atom stereocenters. The highest BCUT2D eigenvalue weighted by Gasteiger charge is 2.34. The second-order valence-electron chi connectivity index (χ2n) is 6.18. The summed E-state index contributed by atoms with van der Waals surface area (Å²) in [6, 6.07) is 3.46. The van der Waals surface area contributed by atoms with E-state index in [4.69, 9.17) is 0 Å². The van der Waals surface area contributed by atoms with Crippen molar-refractivity contribution in [2.75, 3.05) is 0 Å². The van der Waals surface area contributed by atoms with Crippen LogP contribution in [0.4, 0.5) is 42.1 Å². The molecule has 3 aromatic rings. The van der Waals surface area contributed by atoms with Crippen LogP contribution in [0.2, 0.25) is 0 Å². The molecule has 0 bridgehead atoms. The van der Waals surface area contributed by atoms with Crippen LogP contribution in [-0.2, 0) is 12.4 Å². The van der Waals surface area contributed by atoms with E-state index in [0.29, 0.717) is 23.2 Å². The normalized spacial score (nSPS) is 11.0. The fourth-order valence-electron chi connectivity index (χ4n) is 2.35. The average Bonchev–Trinajstić information content (AvgIpc) is 3.20. The zero-order chi connectivity index (χ0) is 27.1. The number of alkyl halides is 6. The van der Waals surface area contributed by atoms with Gasteiger partial charge in [0.25, 0.3) is 5.69 Å². The molecule has 0 aliphatic heterocycles. The van der Waals surface area contributed by atoms with Gasteiger partial charge in [-0.15, -0.1) is 11.3 Å². The van der Waals surface area contributed by atoms with E-state index in [9.17, 15) is 51.0 Å². The van der Waals surface area contributed by atoms with Crippen molar-refractivity contribution in [2.24, 2.45) is 0 Å². The van der Waals surface area contributed by atoms with Crippen LogP contribution in [0, 0.1) is 33.0 Å². The highest BCUT2D eigenvalue weighted by atomic mass is 32.1. The first-order valence-corrected chi connectivity index (χ1v) is 10.2. The number of benzene rings is 2. The van der Waals surface area contributed by atoms with Gasteiger partial charge in [-0.2, -0.15) is 30.7 Å². The van der Waals surface area contributed by atoms with Crippen molar-refractivity contribution in [3.05, 3.63) is 84.6 Å². The molecule has 0 aliphatic carbocycles. The predicted molar refractivity (Wildman–Crippen MR) is 113 cm³/mol. The van der Waals surface area contributed by atoms with Crippen LogP contribution in [0.3, 0.4) is 0 Å². The molecular formula is C20H16F7N3O4S. The minimum Gasteiger partial charge on any atom is -0.258 e. The maximum atomic E-state index is 12.6. The largest absolute Gasteiger partial charge is 0.416 e. The number of hydrogen-bond donors (Lipinski definition) is 0. The van der Waals surface area contributed by atoms with E-state index in [-0.39, 0.29) is 11.6 Å². The summed E-state index contributed by atoms with van der Waals surface area (Å²) < 4.78 is 86.3. The third-order valence-corrected chi connectivity index (χ3v) is 4.79. The van der Waals surface area contributed by atoms with Crippen LogP contribution in [0.5, 0.6) is 0 Å². The van der Waals surface area contributed by atoms with Gasteiger partial charge in [0.2, 0.25) is 5.82 Å². The Balaban J connectivity index is 0.000000341. The smallest absolute Gasteiger partial charge is 0.258 e. The number of aryl methyl sites for hydroxylation is 1. The van der Waals surface area contributed by atoms with E-state index in [0.717, 1.165) is 17.0 Å². The topological polar surface area (TPSA) is 99.2 Å². The highest BCUT2D eigenvalue weighted by Crippen LogP contribution is 2.38. The molecule has 7 nitrogen and oxygen atoms in total. The molecule has 1 aromatic heterocycles. The minimum atomic E-state index is -4.71. The third-order valence-electron chi connectivity index (χ3n) is 3.84. The molecule has 0 spiro atoms. The maximum absolute atomic E-state index is 12.6. The van der Waals surface area contributed by atoms with E-state index < -0.39 is 50.5 Å². The second kappa shape index (κ2) is 11.7. The Labute approximate surface area is 197 Å². The van der Waals surface area contributed by atoms with Gasteiger partial charge in [0, 0.05) is 23.2 Å². The minimum absolute atomic E-state index is 0.0936. The third kappa shape index (κ3) is 7.98. The molecule has 35 heavy (non-hydrogen) atoms. The monoisotopic (exact) mass is 527 g/mol. The van der Waals surface area contributed by atoms with Gasteiger partial charge >= 0.3 is 18.0 Å². The van der Waals surface area contributed by atoms with Crippen molar-refractivity contribution in [1.82, 2.24) is 4.98 Å². The molecule has 0 radical (unpaired) electrons. The van der Waals surface area contributed by atoms with Gasteiger partial charge in [0.05, 0.1) is 26.5 Å². The standard InChI is InChI=1S/C11H7F3N2O2S.C7H3F4NO2.C2H6/c1-6-5-15-10(19-6)8-3-2-7(11(12,13)14)4-9(8)16(17)18;8-5-2-1-4(7(9,10)11)3-6(5)12(13)14;1-2/h2-5H,1H3;1-3H;1-2H3. The summed E-state index contributed by atoms with van der Waals surface area (Å²) in [5, 5.41) is 21.3. The summed E-state index contributed by atoms with van der Waals surface area (Å²) in [6.07, 6.45) is -7.80. The van der Waals surface area contributed by atoms with Gasteiger partial charge < -0.3 is 0 Å². The van der Waals surface area contributed by atoms with Crippen molar-refractivity contribution in [1.29, 1.82) is 0 Å². The number of nitro groups is 2. The zero-order valence-electron chi connectivity index (χ0n) is 18.1. The molecule has 0 amide bonds. The SMILES string of the molecule is CC.Cc1cnc(-c2ccc(C(F)(F)F)cc2[N+](=O)[O-])s1.O=[N+]([O-])c1cc(C(F)(F)F)ccc1F. The van der Waals surface area contributed by atoms with E-state index in [2.05, 4.69) is 4.98 Å². The summed E-state index contributed by atoms with van der Waals surface area (Å²) in [4.78, 5) is 23.7. The fraction of sp³-hybridized carbons (Fsp3) is 0.250. The quantitative estimate of drug-likeness (QED) is 0.196. The molecule has 3 rings (SSSR count). The predicted octanol–water partition coefficient (Wildman–Crippen LogP) is 7.82. The van der Waals surface area contributed by atoms with Gasteiger partial charge in [0.1, 0.15) is 5.01 Å². The van der Waals surface area contributed by atoms with Crippen LogP contribution in [0.1, 0.15) is 29.9 Å². The summed E-state index contributed by atoms with van der Waals surface area (Å²) in [6.45, 7) is 5.76. The molecule has 0 fully saturated rings. The van der Waals surface area contributed by atoms with Crippen LogP contribution < -0.4 is 0 Å². The molecule has 190 valence electrons. The molecule has 0 saturated carbocycles. The molecule has 0 N–H and O–H groups in total. The Bertz CT molecular complexity index is 1190. The lowest BCUT2D eigenvalue weighted by molar-refractivity contribution is -0.387. The number of hydrogen-bond acceptors (Lipinski definition) is 6. The van der Waals surface area contributed by atoms with Gasteiger partial charge in [-0.25, -0.2) is 4.98 Å². The van der Waals surface area contributed by atoms with Crippen molar-refractivity contribution < 1.29 is 40.6 Å². The lowest BCUT2D eigenvalue weighted by Crippen LogP contribution is -2.06. The number of nitrogens with zero attached hydrogens (tertiary/aromatic N) is 3. The number of halogens is 7. The van der Waals surface area contributed by atoms with Gasteiger partial charge in [-0.1, -0.05) is 13.8 Å². The summed E-state index contributed by atoms with van der Waals surface area (Å²) >= 11 is 1.19. The summed E-state index contributed by atoms with van der Waals surface area (Å²) in [5.41, 5.74) is -3.97. The zero-order valence-corrected chi connectivity index (χ0v) is 18.9. The Morgan fingerprint density at radius 3 is 1.69 bits per heavy atom. The summed E-state index contributed by atoms with van der Waals surface area (Å²) in [5.74, 6) is -1.29.